The third-order valence-electron chi connectivity index (χ3n) is 3.41. The summed E-state index contributed by atoms with van der Waals surface area (Å²) in [5.41, 5.74) is -0.374. The van der Waals surface area contributed by atoms with Crippen LogP contribution in [-0.4, -0.2) is 27.5 Å². The van der Waals surface area contributed by atoms with E-state index in [1.54, 1.807) is 18.7 Å². The number of nitrogens with one attached hydrogen (secondary N) is 1. The fourth-order valence-electron chi connectivity index (χ4n) is 2.46. The third kappa shape index (κ3) is 3.71. The first-order valence-corrected chi connectivity index (χ1v) is 7.68. The van der Waals surface area contributed by atoms with Gasteiger partial charge in [0.1, 0.15) is 5.54 Å². The molecule has 0 aliphatic heterocycles. The van der Waals surface area contributed by atoms with Gasteiger partial charge in [-0.1, -0.05) is 18.7 Å². The first kappa shape index (κ1) is 14.4. The standard InChI is InChI=1S/C13H20N4OS/c1-3-7-15-13(9-14)6-4-5-11(8-13)19-12-17-16-10(2)18-12/h11,15H,3-8H2,1-2H3. The van der Waals surface area contributed by atoms with Crippen LogP contribution in [0.2, 0.25) is 0 Å². The lowest BCUT2D eigenvalue weighted by Crippen LogP contribution is -2.48. The predicted molar refractivity (Wildman–Crippen MR) is 73.8 cm³/mol. The van der Waals surface area contributed by atoms with E-state index < -0.39 is 0 Å². The molecule has 1 saturated carbocycles. The normalized spacial score (nSPS) is 27.1. The van der Waals surface area contributed by atoms with Crippen molar-refractivity contribution >= 4 is 11.8 Å². The molecule has 104 valence electrons. The molecule has 1 N–H and O–H groups in total. The summed E-state index contributed by atoms with van der Waals surface area (Å²) in [7, 11) is 0. The maximum Gasteiger partial charge on any atom is 0.276 e. The minimum atomic E-state index is -0.374. The van der Waals surface area contributed by atoms with Crippen LogP contribution in [0.4, 0.5) is 0 Å². The van der Waals surface area contributed by atoms with Gasteiger partial charge in [0.25, 0.3) is 5.22 Å². The van der Waals surface area contributed by atoms with Crippen molar-refractivity contribution in [1.29, 1.82) is 5.26 Å². The molecule has 1 aliphatic carbocycles. The van der Waals surface area contributed by atoms with E-state index >= 15 is 0 Å². The van der Waals surface area contributed by atoms with Gasteiger partial charge in [-0.2, -0.15) is 5.26 Å². The van der Waals surface area contributed by atoms with Crippen molar-refractivity contribution < 1.29 is 4.42 Å². The van der Waals surface area contributed by atoms with Crippen molar-refractivity contribution in [3.63, 3.8) is 0 Å². The van der Waals surface area contributed by atoms with E-state index in [4.69, 9.17) is 4.42 Å². The summed E-state index contributed by atoms with van der Waals surface area (Å²) in [6.45, 7) is 4.80. The van der Waals surface area contributed by atoms with Crippen LogP contribution in [0.1, 0.15) is 44.9 Å². The van der Waals surface area contributed by atoms with Crippen molar-refractivity contribution in [3.8, 4) is 6.07 Å². The maximum absolute atomic E-state index is 9.48. The molecule has 2 rings (SSSR count). The quantitative estimate of drug-likeness (QED) is 0.893. The Hall–Kier alpha value is -1.06. The summed E-state index contributed by atoms with van der Waals surface area (Å²) in [5, 5.41) is 21.7. The van der Waals surface area contributed by atoms with Gasteiger partial charge in [0.15, 0.2) is 0 Å². The molecule has 6 heteroatoms. The van der Waals surface area contributed by atoms with Crippen molar-refractivity contribution in [2.24, 2.45) is 0 Å². The zero-order valence-electron chi connectivity index (χ0n) is 11.5. The van der Waals surface area contributed by atoms with E-state index in [-0.39, 0.29) is 5.54 Å². The zero-order valence-corrected chi connectivity index (χ0v) is 12.3. The van der Waals surface area contributed by atoms with Crippen LogP contribution in [0.15, 0.2) is 9.64 Å². The van der Waals surface area contributed by atoms with E-state index in [1.165, 1.54) is 0 Å². The first-order chi connectivity index (χ1) is 9.17. The molecule has 1 aliphatic rings. The van der Waals surface area contributed by atoms with Crippen LogP contribution in [-0.2, 0) is 0 Å². The van der Waals surface area contributed by atoms with Gasteiger partial charge in [-0.25, -0.2) is 0 Å². The van der Waals surface area contributed by atoms with Crippen LogP contribution in [0, 0.1) is 18.3 Å². The Morgan fingerprint density at radius 1 is 1.58 bits per heavy atom. The lowest BCUT2D eigenvalue weighted by Gasteiger charge is -2.35. The van der Waals surface area contributed by atoms with Crippen LogP contribution in [0.3, 0.4) is 0 Å². The van der Waals surface area contributed by atoms with Gasteiger partial charge < -0.3 is 4.42 Å². The Morgan fingerprint density at radius 2 is 2.42 bits per heavy atom. The van der Waals surface area contributed by atoms with Gasteiger partial charge in [-0.15, -0.1) is 10.2 Å². The highest BCUT2D eigenvalue weighted by molar-refractivity contribution is 7.99. The fraction of sp³-hybridized carbons (Fsp3) is 0.769. The minimum absolute atomic E-state index is 0.373. The van der Waals surface area contributed by atoms with Crippen LogP contribution >= 0.6 is 11.8 Å². The molecule has 0 radical (unpaired) electrons. The first-order valence-electron chi connectivity index (χ1n) is 6.80. The smallest absolute Gasteiger partial charge is 0.276 e. The zero-order chi connectivity index (χ0) is 13.7. The van der Waals surface area contributed by atoms with Crippen LogP contribution in [0.25, 0.3) is 0 Å². The number of hydrogen-bond donors (Lipinski definition) is 1. The Morgan fingerprint density at radius 3 is 3.05 bits per heavy atom. The Bertz CT molecular complexity index is 456. The van der Waals surface area contributed by atoms with Crippen LogP contribution in [0.5, 0.6) is 0 Å². The molecule has 0 amide bonds. The summed E-state index contributed by atoms with van der Waals surface area (Å²) >= 11 is 1.61. The third-order valence-corrected chi connectivity index (χ3v) is 4.51. The number of rotatable bonds is 5. The van der Waals surface area contributed by atoms with E-state index in [1.807, 2.05) is 0 Å². The van der Waals surface area contributed by atoms with Gasteiger partial charge >= 0.3 is 0 Å². The number of aryl methyl sites for hydroxylation is 1. The summed E-state index contributed by atoms with van der Waals surface area (Å²) in [6, 6.07) is 2.48. The Kier molecular flexibility index (Phi) is 4.83. The number of hydrogen-bond acceptors (Lipinski definition) is 6. The van der Waals surface area contributed by atoms with E-state index in [0.29, 0.717) is 16.4 Å². The second-order valence-corrected chi connectivity index (χ2v) is 6.30. The van der Waals surface area contributed by atoms with E-state index in [9.17, 15) is 5.26 Å². The van der Waals surface area contributed by atoms with Crippen molar-refractivity contribution in [2.75, 3.05) is 6.54 Å². The summed E-state index contributed by atoms with van der Waals surface area (Å²) in [6.07, 6.45) is 4.99. The Balaban J connectivity index is 1.97. The summed E-state index contributed by atoms with van der Waals surface area (Å²) < 4.78 is 5.41. The molecule has 2 atom stereocenters. The molecule has 0 aromatic carbocycles. The second kappa shape index (κ2) is 6.40. The highest BCUT2D eigenvalue weighted by Crippen LogP contribution is 2.37. The SMILES string of the molecule is CCCNC1(C#N)CCCC(Sc2nnc(C)o2)C1. The summed E-state index contributed by atoms with van der Waals surface area (Å²) in [4.78, 5) is 0. The highest BCUT2D eigenvalue weighted by Gasteiger charge is 2.36. The van der Waals surface area contributed by atoms with Gasteiger partial charge in [-0.3, -0.25) is 5.32 Å². The molecular weight excluding hydrogens is 260 g/mol. The predicted octanol–water partition coefficient (Wildman–Crippen LogP) is 2.67. The highest BCUT2D eigenvalue weighted by atomic mass is 32.2. The minimum Gasteiger partial charge on any atom is -0.416 e. The lowest BCUT2D eigenvalue weighted by atomic mass is 9.82. The largest absolute Gasteiger partial charge is 0.416 e. The monoisotopic (exact) mass is 280 g/mol. The Labute approximate surface area is 118 Å². The van der Waals surface area contributed by atoms with Crippen LogP contribution < -0.4 is 5.32 Å². The average Bonchev–Trinajstić information content (AvgIpc) is 2.82. The molecule has 1 heterocycles. The molecule has 1 fully saturated rings. The summed E-state index contributed by atoms with van der Waals surface area (Å²) in [5.74, 6) is 0.592. The molecular formula is C13H20N4OS. The molecule has 0 bridgehead atoms. The molecule has 0 saturated heterocycles. The topological polar surface area (TPSA) is 74.7 Å². The molecule has 1 aromatic heterocycles. The second-order valence-electron chi connectivity index (χ2n) is 5.04. The van der Waals surface area contributed by atoms with Crippen molar-refractivity contribution in [3.05, 3.63) is 5.89 Å². The molecule has 5 nitrogen and oxygen atoms in total. The van der Waals surface area contributed by atoms with Gasteiger partial charge in [0.2, 0.25) is 5.89 Å². The van der Waals surface area contributed by atoms with Gasteiger partial charge in [-0.05, 0) is 38.6 Å². The molecule has 2 unspecified atom stereocenters. The number of nitrogens with zero attached hydrogens (tertiary/aromatic N) is 3. The molecule has 0 spiro atoms. The average molecular weight is 280 g/mol. The number of aromatic nitrogens is 2. The van der Waals surface area contributed by atoms with E-state index in [2.05, 4.69) is 28.5 Å². The van der Waals surface area contributed by atoms with Crippen molar-refractivity contribution in [1.82, 2.24) is 15.5 Å². The van der Waals surface area contributed by atoms with E-state index in [0.717, 1.165) is 38.6 Å². The fourth-order valence-corrected chi connectivity index (χ4v) is 3.65. The van der Waals surface area contributed by atoms with Gasteiger partial charge in [0, 0.05) is 12.2 Å². The number of thioether (sulfide) groups is 1. The molecule has 1 aromatic rings. The molecule has 19 heavy (non-hydrogen) atoms. The number of nitriles is 1. The van der Waals surface area contributed by atoms with Gasteiger partial charge in [0.05, 0.1) is 6.07 Å². The lowest BCUT2D eigenvalue weighted by molar-refractivity contribution is 0.303. The van der Waals surface area contributed by atoms with Crippen molar-refractivity contribution in [2.45, 2.75) is 62.0 Å². The maximum atomic E-state index is 9.48.